The van der Waals surface area contributed by atoms with Crippen LogP contribution in [0.25, 0.3) is 11.1 Å². The molecule has 1 aliphatic rings. The minimum atomic E-state index is 0.651. The fourth-order valence-corrected chi connectivity index (χ4v) is 2.83. The molecule has 3 nitrogen and oxygen atoms in total. The van der Waals surface area contributed by atoms with Crippen LogP contribution in [0.4, 0.5) is 0 Å². The molecule has 0 bridgehead atoms. The number of aromatic nitrogens is 2. The minimum absolute atomic E-state index is 0.651. The van der Waals surface area contributed by atoms with Gasteiger partial charge in [-0.1, -0.05) is 30.7 Å². The van der Waals surface area contributed by atoms with Gasteiger partial charge < -0.3 is 5.32 Å². The van der Waals surface area contributed by atoms with E-state index in [1.165, 1.54) is 42.5 Å². The fourth-order valence-electron chi connectivity index (χ4n) is 2.83. The van der Waals surface area contributed by atoms with Crippen molar-refractivity contribution in [2.45, 2.75) is 31.7 Å². The normalized spacial score (nSPS) is 19.5. The molecule has 1 N–H and O–H groups in total. The number of hydrogen-bond donors (Lipinski definition) is 1. The SMILES string of the molecule is Cn1cc(-c2cccc(CC3CCCCN3)c2)cn1. The van der Waals surface area contributed by atoms with Crippen LogP contribution in [0, 0.1) is 0 Å². The van der Waals surface area contributed by atoms with Crippen LogP contribution in [-0.2, 0) is 13.5 Å². The van der Waals surface area contributed by atoms with Crippen molar-refractivity contribution in [3.8, 4) is 11.1 Å². The van der Waals surface area contributed by atoms with E-state index < -0.39 is 0 Å². The first kappa shape index (κ1) is 12.4. The van der Waals surface area contributed by atoms with Gasteiger partial charge in [0.15, 0.2) is 0 Å². The third kappa shape index (κ3) is 3.04. The molecule has 1 fully saturated rings. The second-order valence-electron chi connectivity index (χ2n) is 5.45. The van der Waals surface area contributed by atoms with Crippen LogP contribution in [0.15, 0.2) is 36.7 Å². The van der Waals surface area contributed by atoms with E-state index in [1.54, 1.807) is 0 Å². The molecule has 2 heterocycles. The summed E-state index contributed by atoms with van der Waals surface area (Å²) in [5.74, 6) is 0. The van der Waals surface area contributed by atoms with Crippen LogP contribution >= 0.6 is 0 Å². The number of nitrogens with zero attached hydrogens (tertiary/aromatic N) is 2. The monoisotopic (exact) mass is 255 g/mol. The summed E-state index contributed by atoms with van der Waals surface area (Å²) >= 11 is 0. The standard InChI is InChI=1S/C16H21N3/c1-19-12-15(11-18-19)14-6-4-5-13(9-14)10-16-7-2-3-8-17-16/h4-6,9,11-12,16-17H,2-3,7-8,10H2,1H3. The Kier molecular flexibility index (Phi) is 3.65. The van der Waals surface area contributed by atoms with E-state index in [4.69, 9.17) is 0 Å². The third-order valence-electron chi connectivity index (χ3n) is 3.86. The Morgan fingerprint density at radius 3 is 3.00 bits per heavy atom. The number of aryl methyl sites for hydroxylation is 1. The Labute approximate surface area is 114 Å². The van der Waals surface area contributed by atoms with E-state index in [2.05, 4.69) is 40.9 Å². The second-order valence-corrected chi connectivity index (χ2v) is 5.45. The Balaban J connectivity index is 1.75. The third-order valence-corrected chi connectivity index (χ3v) is 3.86. The summed E-state index contributed by atoms with van der Waals surface area (Å²) in [6.45, 7) is 1.17. The van der Waals surface area contributed by atoms with Crippen molar-refractivity contribution in [2.75, 3.05) is 6.54 Å². The largest absolute Gasteiger partial charge is 0.314 e. The van der Waals surface area contributed by atoms with Crippen LogP contribution in [0.3, 0.4) is 0 Å². The maximum absolute atomic E-state index is 4.24. The topological polar surface area (TPSA) is 29.9 Å². The zero-order valence-electron chi connectivity index (χ0n) is 11.5. The Hall–Kier alpha value is -1.61. The molecule has 19 heavy (non-hydrogen) atoms. The average molecular weight is 255 g/mol. The maximum Gasteiger partial charge on any atom is 0.0568 e. The highest BCUT2D eigenvalue weighted by Gasteiger charge is 2.13. The fraction of sp³-hybridized carbons (Fsp3) is 0.438. The predicted molar refractivity (Wildman–Crippen MR) is 78.0 cm³/mol. The first-order chi connectivity index (χ1) is 9.31. The second kappa shape index (κ2) is 5.57. The van der Waals surface area contributed by atoms with Gasteiger partial charge in [-0.05, 0) is 36.9 Å². The molecule has 1 unspecified atom stereocenters. The van der Waals surface area contributed by atoms with Gasteiger partial charge in [0.25, 0.3) is 0 Å². The molecule has 1 saturated heterocycles. The number of benzene rings is 1. The summed E-state index contributed by atoms with van der Waals surface area (Å²) in [6.07, 6.45) is 9.12. The van der Waals surface area contributed by atoms with Crippen molar-refractivity contribution in [3.05, 3.63) is 42.2 Å². The molecule has 1 aromatic carbocycles. The van der Waals surface area contributed by atoms with Crippen molar-refractivity contribution >= 4 is 0 Å². The van der Waals surface area contributed by atoms with Gasteiger partial charge in [0.05, 0.1) is 6.20 Å². The first-order valence-corrected chi connectivity index (χ1v) is 7.12. The maximum atomic E-state index is 4.24. The molecular weight excluding hydrogens is 234 g/mol. The van der Waals surface area contributed by atoms with Gasteiger partial charge in [-0.2, -0.15) is 5.10 Å². The van der Waals surface area contributed by atoms with Crippen molar-refractivity contribution in [1.29, 1.82) is 0 Å². The summed E-state index contributed by atoms with van der Waals surface area (Å²) in [5, 5.41) is 7.86. The molecular formula is C16H21N3. The molecule has 0 radical (unpaired) electrons. The molecule has 3 rings (SSSR count). The highest BCUT2D eigenvalue weighted by atomic mass is 15.2. The summed E-state index contributed by atoms with van der Waals surface area (Å²) in [7, 11) is 1.96. The zero-order valence-corrected chi connectivity index (χ0v) is 11.5. The highest BCUT2D eigenvalue weighted by molar-refractivity contribution is 5.62. The van der Waals surface area contributed by atoms with Gasteiger partial charge >= 0.3 is 0 Å². The van der Waals surface area contributed by atoms with Gasteiger partial charge in [-0.3, -0.25) is 4.68 Å². The Bertz CT molecular complexity index is 538. The lowest BCUT2D eigenvalue weighted by Crippen LogP contribution is -2.35. The number of rotatable bonds is 3. The molecule has 2 aromatic rings. The van der Waals surface area contributed by atoms with E-state index >= 15 is 0 Å². The van der Waals surface area contributed by atoms with Gasteiger partial charge in [-0.15, -0.1) is 0 Å². The van der Waals surface area contributed by atoms with Crippen molar-refractivity contribution in [2.24, 2.45) is 7.05 Å². The molecule has 0 saturated carbocycles. The molecule has 1 atom stereocenters. The first-order valence-electron chi connectivity index (χ1n) is 7.12. The quantitative estimate of drug-likeness (QED) is 0.914. The summed E-state index contributed by atoms with van der Waals surface area (Å²) in [4.78, 5) is 0. The highest BCUT2D eigenvalue weighted by Crippen LogP contribution is 2.21. The molecule has 0 spiro atoms. The molecule has 100 valence electrons. The van der Waals surface area contributed by atoms with E-state index in [9.17, 15) is 0 Å². The molecule has 1 aromatic heterocycles. The summed E-state index contributed by atoms with van der Waals surface area (Å²) in [5.41, 5.74) is 3.88. The predicted octanol–water partition coefficient (Wildman–Crippen LogP) is 2.77. The van der Waals surface area contributed by atoms with Crippen molar-refractivity contribution in [1.82, 2.24) is 15.1 Å². The van der Waals surface area contributed by atoms with Crippen LogP contribution in [0.2, 0.25) is 0 Å². The van der Waals surface area contributed by atoms with Crippen LogP contribution < -0.4 is 5.32 Å². The van der Waals surface area contributed by atoms with Crippen LogP contribution in [0.5, 0.6) is 0 Å². The van der Waals surface area contributed by atoms with Crippen molar-refractivity contribution < 1.29 is 0 Å². The Morgan fingerprint density at radius 1 is 1.32 bits per heavy atom. The van der Waals surface area contributed by atoms with Crippen LogP contribution in [-0.4, -0.2) is 22.4 Å². The number of hydrogen-bond acceptors (Lipinski definition) is 2. The minimum Gasteiger partial charge on any atom is -0.314 e. The lowest BCUT2D eigenvalue weighted by molar-refractivity contribution is 0.399. The van der Waals surface area contributed by atoms with Gasteiger partial charge in [0.1, 0.15) is 0 Å². The van der Waals surface area contributed by atoms with E-state index in [0.29, 0.717) is 6.04 Å². The van der Waals surface area contributed by atoms with E-state index in [1.807, 2.05) is 17.9 Å². The van der Waals surface area contributed by atoms with Crippen molar-refractivity contribution in [3.63, 3.8) is 0 Å². The molecule has 0 aliphatic carbocycles. The lowest BCUT2D eigenvalue weighted by atomic mass is 9.96. The number of piperidine rings is 1. The van der Waals surface area contributed by atoms with E-state index in [0.717, 1.165) is 6.42 Å². The summed E-state index contributed by atoms with van der Waals surface area (Å²) in [6, 6.07) is 9.50. The van der Waals surface area contributed by atoms with Crippen LogP contribution in [0.1, 0.15) is 24.8 Å². The molecule has 3 heteroatoms. The smallest absolute Gasteiger partial charge is 0.0568 e. The van der Waals surface area contributed by atoms with Gasteiger partial charge in [0, 0.05) is 24.8 Å². The van der Waals surface area contributed by atoms with Gasteiger partial charge in [0.2, 0.25) is 0 Å². The van der Waals surface area contributed by atoms with E-state index in [-0.39, 0.29) is 0 Å². The zero-order chi connectivity index (χ0) is 13.1. The summed E-state index contributed by atoms with van der Waals surface area (Å²) < 4.78 is 1.85. The lowest BCUT2D eigenvalue weighted by Gasteiger charge is -2.23. The van der Waals surface area contributed by atoms with Gasteiger partial charge in [-0.25, -0.2) is 0 Å². The molecule has 0 amide bonds. The molecule has 1 aliphatic heterocycles. The number of nitrogens with one attached hydrogen (secondary N) is 1. The average Bonchev–Trinajstić information content (AvgIpc) is 2.87. The Morgan fingerprint density at radius 2 is 2.26 bits per heavy atom.